The van der Waals surface area contributed by atoms with Gasteiger partial charge in [-0.15, -0.1) is 0 Å². The van der Waals surface area contributed by atoms with Crippen LogP contribution >= 0.6 is 11.6 Å². The predicted octanol–water partition coefficient (Wildman–Crippen LogP) is 3.10. The average molecular weight is 270 g/mol. The summed E-state index contributed by atoms with van der Waals surface area (Å²) in [5.41, 5.74) is 2.30. The van der Waals surface area contributed by atoms with Crippen molar-refractivity contribution in [2.45, 2.75) is 32.9 Å². The number of hydrogen-bond acceptors (Lipinski definition) is 3. The Kier molecular flexibility index (Phi) is 4.49. The van der Waals surface area contributed by atoms with Crippen LogP contribution in [0.4, 0.5) is 0 Å². The Bertz CT molecular complexity index is 415. The maximum Gasteiger partial charge on any atom is 0.138 e. The smallest absolute Gasteiger partial charge is 0.138 e. The highest BCUT2D eigenvalue weighted by Gasteiger charge is 2.22. The Hall–Kier alpha value is -0.770. The molecule has 1 N–H and O–H groups in total. The maximum atomic E-state index is 6.23. The second-order valence-electron chi connectivity index (χ2n) is 4.70. The molecule has 2 unspecified atom stereocenters. The summed E-state index contributed by atoms with van der Waals surface area (Å²) in [5.74, 6) is 0.748. The lowest BCUT2D eigenvalue weighted by molar-refractivity contribution is 0.00659. The van der Waals surface area contributed by atoms with Crippen LogP contribution < -0.4 is 10.1 Å². The molecule has 1 aromatic carbocycles. The minimum Gasteiger partial charge on any atom is -0.492 e. The van der Waals surface area contributed by atoms with Gasteiger partial charge in [0.2, 0.25) is 0 Å². The van der Waals surface area contributed by atoms with Crippen molar-refractivity contribution in [1.29, 1.82) is 0 Å². The standard InChI is InChI=1S/C14H20ClNO2/c1-4-17-13-5-9(2)11(6-12(13)15)14-7-16-10(3)8-18-14/h5-6,10,14,16H,4,7-8H2,1-3H3. The summed E-state index contributed by atoms with van der Waals surface area (Å²) in [7, 11) is 0. The fourth-order valence-corrected chi connectivity index (χ4v) is 2.40. The fourth-order valence-electron chi connectivity index (χ4n) is 2.17. The zero-order valence-corrected chi connectivity index (χ0v) is 11.9. The average Bonchev–Trinajstić information content (AvgIpc) is 2.35. The third kappa shape index (κ3) is 2.97. The number of halogens is 1. The van der Waals surface area contributed by atoms with E-state index in [0.29, 0.717) is 17.7 Å². The highest BCUT2D eigenvalue weighted by atomic mass is 35.5. The van der Waals surface area contributed by atoms with E-state index >= 15 is 0 Å². The van der Waals surface area contributed by atoms with E-state index in [4.69, 9.17) is 21.1 Å². The molecule has 3 nitrogen and oxygen atoms in total. The van der Waals surface area contributed by atoms with E-state index in [9.17, 15) is 0 Å². The van der Waals surface area contributed by atoms with E-state index in [1.807, 2.05) is 19.1 Å². The summed E-state index contributed by atoms with van der Waals surface area (Å²) in [4.78, 5) is 0. The molecule has 1 aromatic rings. The summed E-state index contributed by atoms with van der Waals surface area (Å²) >= 11 is 6.23. The summed E-state index contributed by atoms with van der Waals surface area (Å²) < 4.78 is 11.3. The van der Waals surface area contributed by atoms with Crippen LogP contribution in [0.3, 0.4) is 0 Å². The van der Waals surface area contributed by atoms with Gasteiger partial charge in [-0.05, 0) is 44.0 Å². The molecule has 1 fully saturated rings. The van der Waals surface area contributed by atoms with Crippen LogP contribution in [0.5, 0.6) is 5.75 Å². The number of aryl methyl sites for hydroxylation is 1. The van der Waals surface area contributed by atoms with Crippen molar-refractivity contribution < 1.29 is 9.47 Å². The summed E-state index contributed by atoms with van der Waals surface area (Å²) in [6.45, 7) is 8.32. The molecule has 0 aliphatic carbocycles. The van der Waals surface area contributed by atoms with E-state index < -0.39 is 0 Å². The van der Waals surface area contributed by atoms with Gasteiger partial charge >= 0.3 is 0 Å². The largest absolute Gasteiger partial charge is 0.492 e. The van der Waals surface area contributed by atoms with Crippen molar-refractivity contribution in [3.05, 3.63) is 28.3 Å². The van der Waals surface area contributed by atoms with E-state index in [-0.39, 0.29) is 6.10 Å². The first-order valence-electron chi connectivity index (χ1n) is 6.39. The Morgan fingerprint density at radius 2 is 2.28 bits per heavy atom. The predicted molar refractivity (Wildman–Crippen MR) is 73.5 cm³/mol. The minimum absolute atomic E-state index is 0.0781. The van der Waals surface area contributed by atoms with Crippen LogP contribution in [0.15, 0.2) is 12.1 Å². The van der Waals surface area contributed by atoms with Crippen molar-refractivity contribution >= 4 is 11.6 Å². The molecule has 0 amide bonds. The van der Waals surface area contributed by atoms with Gasteiger partial charge in [-0.2, -0.15) is 0 Å². The van der Waals surface area contributed by atoms with Gasteiger partial charge in [0.05, 0.1) is 24.3 Å². The molecule has 1 aliphatic heterocycles. The SMILES string of the molecule is CCOc1cc(C)c(C2CNC(C)CO2)cc1Cl. The normalized spacial score (nSPS) is 24.0. The van der Waals surface area contributed by atoms with E-state index in [1.54, 1.807) is 0 Å². The topological polar surface area (TPSA) is 30.5 Å². The fraction of sp³-hybridized carbons (Fsp3) is 0.571. The molecule has 0 bridgehead atoms. The second-order valence-corrected chi connectivity index (χ2v) is 5.11. The third-order valence-electron chi connectivity index (χ3n) is 3.17. The van der Waals surface area contributed by atoms with E-state index in [2.05, 4.69) is 19.2 Å². The molecule has 4 heteroatoms. The summed E-state index contributed by atoms with van der Waals surface area (Å²) in [5, 5.41) is 4.07. The van der Waals surface area contributed by atoms with Gasteiger partial charge in [-0.3, -0.25) is 0 Å². The zero-order chi connectivity index (χ0) is 13.1. The second kappa shape index (κ2) is 5.91. The van der Waals surface area contributed by atoms with Crippen LogP contribution in [-0.4, -0.2) is 25.8 Å². The van der Waals surface area contributed by atoms with Gasteiger partial charge in [0.25, 0.3) is 0 Å². The van der Waals surface area contributed by atoms with Gasteiger partial charge in [-0.25, -0.2) is 0 Å². The van der Waals surface area contributed by atoms with Crippen molar-refractivity contribution in [2.24, 2.45) is 0 Å². The Morgan fingerprint density at radius 1 is 1.50 bits per heavy atom. The molecule has 1 heterocycles. The lowest BCUT2D eigenvalue weighted by atomic mass is 10.0. The van der Waals surface area contributed by atoms with Crippen molar-refractivity contribution in [3.63, 3.8) is 0 Å². The molecule has 2 atom stereocenters. The molecule has 2 rings (SSSR count). The molecule has 1 aliphatic rings. The molecular formula is C14H20ClNO2. The molecule has 100 valence electrons. The minimum atomic E-state index is 0.0781. The van der Waals surface area contributed by atoms with Gasteiger partial charge in [0, 0.05) is 12.6 Å². The maximum absolute atomic E-state index is 6.23. The highest BCUT2D eigenvalue weighted by Crippen LogP contribution is 2.32. The molecule has 18 heavy (non-hydrogen) atoms. The Labute approximate surface area is 113 Å². The number of ether oxygens (including phenoxy) is 2. The Morgan fingerprint density at radius 3 is 2.89 bits per heavy atom. The van der Waals surface area contributed by atoms with E-state index in [0.717, 1.165) is 30.0 Å². The quantitative estimate of drug-likeness (QED) is 0.915. The number of benzene rings is 1. The van der Waals surface area contributed by atoms with Gasteiger partial charge < -0.3 is 14.8 Å². The van der Waals surface area contributed by atoms with Crippen LogP contribution in [0, 0.1) is 6.92 Å². The van der Waals surface area contributed by atoms with Crippen LogP contribution in [0.2, 0.25) is 5.02 Å². The Balaban J connectivity index is 2.20. The van der Waals surface area contributed by atoms with Gasteiger partial charge in [0.15, 0.2) is 0 Å². The summed E-state index contributed by atoms with van der Waals surface area (Å²) in [6, 6.07) is 4.37. The van der Waals surface area contributed by atoms with Crippen LogP contribution in [-0.2, 0) is 4.74 Å². The van der Waals surface area contributed by atoms with Crippen molar-refractivity contribution in [1.82, 2.24) is 5.32 Å². The molecule has 0 aromatic heterocycles. The summed E-state index contributed by atoms with van der Waals surface area (Å²) in [6.07, 6.45) is 0.0781. The number of nitrogens with one attached hydrogen (secondary N) is 1. The number of rotatable bonds is 3. The van der Waals surface area contributed by atoms with E-state index in [1.165, 1.54) is 0 Å². The number of morpholine rings is 1. The van der Waals surface area contributed by atoms with Crippen molar-refractivity contribution in [2.75, 3.05) is 19.8 Å². The van der Waals surface area contributed by atoms with Crippen LogP contribution in [0.1, 0.15) is 31.1 Å². The first-order chi connectivity index (χ1) is 8.61. The molecule has 0 saturated carbocycles. The molecule has 1 saturated heterocycles. The lowest BCUT2D eigenvalue weighted by Gasteiger charge is -2.29. The van der Waals surface area contributed by atoms with Crippen molar-refractivity contribution in [3.8, 4) is 5.75 Å². The van der Waals surface area contributed by atoms with Crippen LogP contribution in [0.25, 0.3) is 0 Å². The first-order valence-corrected chi connectivity index (χ1v) is 6.77. The lowest BCUT2D eigenvalue weighted by Crippen LogP contribution is -2.40. The number of hydrogen-bond donors (Lipinski definition) is 1. The molecule has 0 radical (unpaired) electrons. The monoisotopic (exact) mass is 269 g/mol. The van der Waals surface area contributed by atoms with Gasteiger partial charge in [0.1, 0.15) is 5.75 Å². The molecule has 0 spiro atoms. The molecular weight excluding hydrogens is 250 g/mol. The van der Waals surface area contributed by atoms with Gasteiger partial charge in [-0.1, -0.05) is 11.6 Å². The highest BCUT2D eigenvalue weighted by molar-refractivity contribution is 6.32. The third-order valence-corrected chi connectivity index (χ3v) is 3.46. The zero-order valence-electron chi connectivity index (χ0n) is 11.1. The first kappa shape index (κ1) is 13.7.